The normalized spacial score (nSPS) is 19.6. The Morgan fingerprint density at radius 1 is 1.35 bits per heavy atom. The maximum Gasteiger partial charge on any atom is 0.249 e. The Balaban J connectivity index is 2.02. The molecular formula is C13H18N2O4S. The van der Waals surface area contributed by atoms with Crippen LogP contribution in [0.1, 0.15) is 24.8 Å². The third-order valence-corrected chi connectivity index (χ3v) is 4.22. The number of hydrogen-bond donors (Lipinski definition) is 2. The molecule has 0 spiro atoms. The third-order valence-electron chi connectivity index (χ3n) is 3.20. The average Bonchev–Trinajstić information content (AvgIpc) is 2.45. The highest BCUT2D eigenvalue weighted by atomic mass is 32.2. The monoisotopic (exact) mass is 298 g/mol. The van der Waals surface area contributed by atoms with Gasteiger partial charge in [-0.3, -0.25) is 4.79 Å². The highest BCUT2D eigenvalue weighted by Crippen LogP contribution is 2.15. The lowest BCUT2D eigenvalue weighted by Crippen LogP contribution is -2.38. The molecule has 0 aliphatic carbocycles. The molecule has 3 N–H and O–H groups in total. The SMILES string of the molecule is NS(=O)(=O)c1ccccc1CNC(=O)C1CCCCO1. The Morgan fingerprint density at radius 3 is 2.75 bits per heavy atom. The zero-order chi connectivity index (χ0) is 14.6. The second-order valence-electron chi connectivity index (χ2n) is 4.73. The van der Waals surface area contributed by atoms with Crippen molar-refractivity contribution in [1.29, 1.82) is 0 Å². The molecule has 1 aliphatic heterocycles. The van der Waals surface area contributed by atoms with Crippen molar-refractivity contribution in [2.24, 2.45) is 5.14 Å². The van der Waals surface area contributed by atoms with Crippen molar-refractivity contribution in [2.75, 3.05) is 6.61 Å². The van der Waals surface area contributed by atoms with E-state index in [0.717, 1.165) is 12.8 Å². The molecule has 1 aromatic rings. The van der Waals surface area contributed by atoms with Crippen molar-refractivity contribution in [3.05, 3.63) is 29.8 Å². The molecule has 0 saturated carbocycles. The van der Waals surface area contributed by atoms with Gasteiger partial charge < -0.3 is 10.1 Å². The van der Waals surface area contributed by atoms with Crippen LogP contribution in [0, 0.1) is 0 Å². The largest absolute Gasteiger partial charge is 0.368 e. The van der Waals surface area contributed by atoms with E-state index in [0.29, 0.717) is 18.6 Å². The number of benzene rings is 1. The molecule has 1 amide bonds. The Morgan fingerprint density at radius 2 is 2.10 bits per heavy atom. The van der Waals surface area contributed by atoms with Gasteiger partial charge in [-0.05, 0) is 30.9 Å². The van der Waals surface area contributed by atoms with E-state index in [2.05, 4.69) is 5.32 Å². The number of primary sulfonamides is 1. The predicted octanol–water partition coefficient (Wildman–Crippen LogP) is 0.519. The highest BCUT2D eigenvalue weighted by Gasteiger charge is 2.22. The van der Waals surface area contributed by atoms with Crippen LogP contribution in [0.15, 0.2) is 29.2 Å². The number of amides is 1. The summed E-state index contributed by atoms with van der Waals surface area (Å²) in [5, 5.41) is 7.84. The lowest BCUT2D eigenvalue weighted by atomic mass is 10.1. The highest BCUT2D eigenvalue weighted by molar-refractivity contribution is 7.89. The fourth-order valence-corrected chi connectivity index (χ4v) is 2.95. The van der Waals surface area contributed by atoms with Gasteiger partial charge in [0.2, 0.25) is 15.9 Å². The fourth-order valence-electron chi connectivity index (χ4n) is 2.17. The zero-order valence-corrected chi connectivity index (χ0v) is 11.9. The Hall–Kier alpha value is -1.44. The molecule has 2 rings (SSSR count). The van der Waals surface area contributed by atoms with Crippen LogP contribution in [-0.2, 0) is 26.1 Å². The summed E-state index contributed by atoms with van der Waals surface area (Å²) < 4.78 is 28.3. The van der Waals surface area contributed by atoms with Crippen molar-refractivity contribution >= 4 is 15.9 Å². The van der Waals surface area contributed by atoms with Gasteiger partial charge >= 0.3 is 0 Å². The quantitative estimate of drug-likeness (QED) is 0.846. The maximum absolute atomic E-state index is 11.9. The van der Waals surface area contributed by atoms with E-state index < -0.39 is 16.1 Å². The van der Waals surface area contributed by atoms with Gasteiger partial charge in [0.15, 0.2) is 0 Å². The number of rotatable bonds is 4. The molecule has 1 fully saturated rings. The molecule has 0 aromatic heterocycles. The van der Waals surface area contributed by atoms with Crippen molar-refractivity contribution < 1.29 is 17.9 Å². The maximum atomic E-state index is 11.9. The number of ether oxygens (including phenoxy) is 1. The molecule has 1 aromatic carbocycles. The molecule has 0 bridgehead atoms. The number of nitrogens with one attached hydrogen (secondary N) is 1. The first kappa shape index (κ1) is 15.0. The van der Waals surface area contributed by atoms with Crippen molar-refractivity contribution in [1.82, 2.24) is 5.32 Å². The lowest BCUT2D eigenvalue weighted by molar-refractivity contribution is -0.135. The number of carbonyl (C=O) groups excluding carboxylic acids is 1. The molecule has 6 nitrogen and oxygen atoms in total. The Labute approximate surface area is 118 Å². The van der Waals surface area contributed by atoms with E-state index in [-0.39, 0.29) is 17.3 Å². The number of sulfonamides is 1. The van der Waals surface area contributed by atoms with Crippen LogP contribution < -0.4 is 10.5 Å². The van der Waals surface area contributed by atoms with Gasteiger partial charge in [0.1, 0.15) is 6.10 Å². The topological polar surface area (TPSA) is 98.5 Å². The minimum atomic E-state index is -3.79. The number of hydrogen-bond acceptors (Lipinski definition) is 4. The first-order valence-corrected chi connectivity index (χ1v) is 8.03. The van der Waals surface area contributed by atoms with Gasteiger partial charge in [-0.15, -0.1) is 0 Å². The lowest BCUT2D eigenvalue weighted by Gasteiger charge is -2.21. The summed E-state index contributed by atoms with van der Waals surface area (Å²) in [4.78, 5) is 11.9. The first-order chi connectivity index (χ1) is 9.48. The van der Waals surface area contributed by atoms with Gasteiger partial charge in [-0.2, -0.15) is 0 Å². The van der Waals surface area contributed by atoms with Gasteiger partial charge in [-0.1, -0.05) is 18.2 Å². The van der Waals surface area contributed by atoms with Crippen LogP contribution in [0.3, 0.4) is 0 Å². The van der Waals surface area contributed by atoms with Gasteiger partial charge in [0, 0.05) is 13.2 Å². The van der Waals surface area contributed by atoms with Crippen molar-refractivity contribution in [3.8, 4) is 0 Å². The third kappa shape index (κ3) is 3.78. The molecular weight excluding hydrogens is 280 g/mol. The second-order valence-corrected chi connectivity index (χ2v) is 6.26. The van der Waals surface area contributed by atoms with Crippen LogP contribution in [0.5, 0.6) is 0 Å². The van der Waals surface area contributed by atoms with Crippen molar-refractivity contribution in [3.63, 3.8) is 0 Å². The minimum Gasteiger partial charge on any atom is -0.368 e. The second kappa shape index (κ2) is 6.34. The molecule has 1 heterocycles. The first-order valence-electron chi connectivity index (χ1n) is 6.48. The average molecular weight is 298 g/mol. The fraction of sp³-hybridized carbons (Fsp3) is 0.462. The van der Waals surface area contributed by atoms with E-state index in [4.69, 9.17) is 9.88 Å². The van der Waals surface area contributed by atoms with E-state index in [1.54, 1.807) is 18.2 Å². The van der Waals surface area contributed by atoms with Crippen molar-refractivity contribution in [2.45, 2.75) is 36.8 Å². The van der Waals surface area contributed by atoms with Gasteiger partial charge in [0.25, 0.3) is 0 Å². The summed E-state index contributed by atoms with van der Waals surface area (Å²) >= 11 is 0. The smallest absolute Gasteiger partial charge is 0.249 e. The summed E-state index contributed by atoms with van der Waals surface area (Å²) in [5.41, 5.74) is 0.471. The van der Waals surface area contributed by atoms with E-state index in [1.807, 2.05) is 0 Å². The van der Waals surface area contributed by atoms with Crippen LogP contribution >= 0.6 is 0 Å². The number of nitrogens with two attached hydrogens (primary N) is 1. The molecule has 1 atom stereocenters. The van der Waals surface area contributed by atoms with Crippen LogP contribution in [0.25, 0.3) is 0 Å². The standard InChI is InChI=1S/C13H18N2O4S/c14-20(17,18)12-7-2-1-5-10(12)9-15-13(16)11-6-3-4-8-19-11/h1-2,5,7,11H,3-4,6,8-9H2,(H,15,16)(H2,14,17,18). The molecule has 7 heteroatoms. The van der Waals surface area contributed by atoms with Crippen LogP contribution in [-0.4, -0.2) is 27.0 Å². The Bertz CT molecular complexity index is 580. The molecule has 1 unspecified atom stereocenters. The van der Waals surface area contributed by atoms with E-state index in [9.17, 15) is 13.2 Å². The summed E-state index contributed by atoms with van der Waals surface area (Å²) in [6.07, 6.45) is 2.19. The van der Waals surface area contributed by atoms with Crippen LogP contribution in [0.2, 0.25) is 0 Å². The molecule has 20 heavy (non-hydrogen) atoms. The Kier molecular flexibility index (Phi) is 4.74. The zero-order valence-electron chi connectivity index (χ0n) is 11.0. The molecule has 110 valence electrons. The summed E-state index contributed by atoms with van der Waals surface area (Å²) in [5.74, 6) is -0.214. The van der Waals surface area contributed by atoms with Crippen LogP contribution in [0.4, 0.5) is 0 Å². The predicted molar refractivity (Wildman–Crippen MR) is 73.3 cm³/mol. The minimum absolute atomic E-state index is 0.0323. The van der Waals surface area contributed by atoms with E-state index in [1.165, 1.54) is 6.07 Å². The summed E-state index contributed by atoms with van der Waals surface area (Å²) in [6, 6.07) is 6.35. The summed E-state index contributed by atoms with van der Waals surface area (Å²) in [7, 11) is -3.79. The molecule has 0 radical (unpaired) electrons. The van der Waals surface area contributed by atoms with Gasteiger partial charge in [0.05, 0.1) is 4.90 Å². The summed E-state index contributed by atoms with van der Waals surface area (Å²) in [6.45, 7) is 0.706. The molecule has 1 saturated heterocycles. The molecule has 1 aliphatic rings. The van der Waals surface area contributed by atoms with E-state index >= 15 is 0 Å². The number of carbonyl (C=O) groups is 1. The van der Waals surface area contributed by atoms with Gasteiger partial charge in [-0.25, -0.2) is 13.6 Å².